The van der Waals surface area contributed by atoms with Gasteiger partial charge in [-0.25, -0.2) is 0 Å². The Hall–Kier alpha value is -1.79. The third-order valence-electron chi connectivity index (χ3n) is 2.67. The van der Waals surface area contributed by atoms with E-state index in [9.17, 15) is 0 Å². The molecular formula is C12H16N4O2. The first-order valence-corrected chi connectivity index (χ1v) is 5.71. The van der Waals surface area contributed by atoms with Crippen LogP contribution in [0.4, 0.5) is 0 Å². The van der Waals surface area contributed by atoms with Crippen molar-refractivity contribution in [2.45, 2.75) is 19.4 Å². The van der Waals surface area contributed by atoms with Gasteiger partial charge in [0.1, 0.15) is 0 Å². The van der Waals surface area contributed by atoms with Crippen LogP contribution in [0.3, 0.4) is 0 Å². The zero-order valence-electron chi connectivity index (χ0n) is 10.5. The van der Waals surface area contributed by atoms with Crippen molar-refractivity contribution in [2.24, 2.45) is 5.73 Å². The van der Waals surface area contributed by atoms with Crippen molar-refractivity contribution < 1.29 is 9.26 Å². The second-order valence-electron chi connectivity index (χ2n) is 4.03. The van der Waals surface area contributed by atoms with E-state index >= 15 is 0 Å². The Kier molecular flexibility index (Phi) is 4.01. The lowest BCUT2D eigenvalue weighted by Crippen LogP contribution is -2.13. The van der Waals surface area contributed by atoms with Gasteiger partial charge in [0.2, 0.25) is 11.7 Å². The standard InChI is InChI=1S/C12H16N4O2/c1-8-3-5-14-7-9(8)11-15-12(18-16-11)10(13)4-6-17-2/h3,5,7,10H,4,6,13H2,1-2H3. The van der Waals surface area contributed by atoms with Gasteiger partial charge in [-0.3, -0.25) is 4.98 Å². The molecule has 18 heavy (non-hydrogen) atoms. The number of rotatable bonds is 5. The average Bonchev–Trinajstić information content (AvgIpc) is 2.86. The maximum absolute atomic E-state index is 5.92. The Bertz CT molecular complexity index is 512. The number of hydrogen-bond acceptors (Lipinski definition) is 6. The normalized spacial score (nSPS) is 12.6. The van der Waals surface area contributed by atoms with Crippen LogP contribution in [0.1, 0.15) is 23.9 Å². The molecule has 2 heterocycles. The van der Waals surface area contributed by atoms with Gasteiger partial charge in [0.15, 0.2) is 0 Å². The zero-order chi connectivity index (χ0) is 13.0. The number of methoxy groups -OCH3 is 1. The molecule has 6 nitrogen and oxygen atoms in total. The van der Waals surface area contributed by atoms with Gasteiger partial charge in [-0.15, -0.1) is 0 Å². The average molecular weight is 248 g/mol. The fourth-order valence-corrected chi connectivity index (χ4v) is 1.56. The van der Waals surface area contributed by atoms with Gasteiger partial charge in [0, 0.05) is 31.7 Å². The van der Waals surface area contributed by atoms with Crippen LogP contribution >= 0.6 is 0 Å². The molecule has 2 N–H and O–H groups in total. The third kappa shape index (κ3) is 2.72. The molecule has 0 bridgehead atoms. The zero-order valence-corrected chi connectivity index (χ0v) is 10.5. The summed E-state index contributed by atoms with van der Waals surface area (Å²) in [5.74, 6) is 0.939. The number of hydrogen-bond donors (Lipinski definition) is 1. The summed E-state index contributed by atoms with van der Waals surface area (Å²) in [5, 5.41) is 3.93. The van der Waals surface area contributed by atoms with E-state index in [0.717, 1.165) is 11.1 Å². The van der Waals surface area contributed by atoms with Gasteiger partial charge >= 0.3 is 0 Å². The molecule has 96 valence electrons. The number of pyridine rings is 1. The van der Waals surface area contributed by atoms with Gasteiger partial charge in [-0.05, 0) is 25.0 Å². The number of ether oxygens (including phenoxy) is 1. The van der Waals surface area contributed by atoms with Crippen LogP contribution in [0.5, 0.6) is 0 Å². The molecule has 1 atom stereocenters. The third-order valence-corrected chi connectivity index (χ3v) is 2.67. The van der Waals surface area contributed by atoms with Crippen LogP contribution in [-0.2, 0) is 4.74 Å². The molecule has 0 aliphatic heterocycles. The lowest BCUT2D eigenvalue weighted by molar-refractivity contribution is 0.182. The van der Waals surface area contributed by atoms with Gasteiger partial charge in [-0.2, -0.15) is 4.98 Å². The van der Waals surface area contributed by atoms with Gasteiger partial charge in [-0.1, -0.05) is 5.16 Å². The van der Waals surface area contributed by atoms with Crippen LogP contribution in [0.2, 0.25) is 0 Å². The molecule has 0 radical (unpaired) electrons. The Morgan fingerprint density at radius 2 is 2.33 bits per heavy atom. The summed E-state index contributed by atoms with van der Waals surface area (Å²) < 4.78 is 10.1. The summed E-state index contributed by atoms with van der Waals surface area (Å²) in [6.45, 7) is 2.53. The first kappa shape index (κ1) is 12.7. The van der Waals surface area contributed by atoms with Crippen molar-refractivity contribution in [2.75, 3.05) is 13.7 Å². The van der Waals surface area contributed by atoms with E-state index in [0.29, 0.717) is 24.7 Å². The second-order valence-corrected chi connectivity index (χ2v) is 4.03. The maximum Gasteiger partial charge on any atom is 0.243 e. The Labute approximate surface area is 105 Å². The van der Waals surface area contributed by atoms with E-state index in [-0.39, 0.29) is 6.04 Å². The quantitative estimate of drug-likeness (QED) is 0.862. The van der Waals surface area contributed by atoms with Gasteiger partial charge < -0.3 is 15.0 Å². The minimum Gasteiger partial charge on any atom is -0.385 e. The van der Waals surface area contributed by atoms with Crippen molar-refractivity contribution in [1.29, 1.82) is 0 Å². The molecule has 0 spiro atoms. The van der Waals surface area contributed by atoms with Crippen LogP contribution in [0, 0.1) is 6.92 Å². The molecule has 0 amide bonds. The molecule has 2 aromatic heterocycles. The molecule has 1 unspecified atom stereocenters. The summed E-state index contributed by atoms with van der Waals surface area (Å²) in [6.07, 6.45) is 4.08. The Morgan fingerprint density at radius 1 is 1.50 bits per heavy atom. The number of nitrogens with zero attached hydrogens (tertiary/aromatic N) is 3. The second kappa shape index (κ2) is 5.70. The van der Waals surface area contributed by atoms with Gasteiger partial charge in [0.05, 0.1) is 6.04 Å². The minimum atomic E-state index is -0.303. The van der Waals surface area contributed by atoms with Crippen LogP contribution in [0.25, 0.3) is 11.4 Å². The van der Waals surface area contributed by atoms with Crippen molar-refractivity contribution in [3.63, 3.8) is 0 Å². The van der Waals surface area contributed by atoms with Crippen LogP contribution in [-0.4, -0.2) is 28.8 Å². The van der Waals surface area contributed by atoms with Crippen LogP contribution < -0.4 is 5.73 Å². The van der Waals surface area contributed by atoms with E-state index in [1.54, 1.807) is 19.5 Å². The first-order chi connectivity index (χ1) is 8.72. The molecule has 6 heteroatoms. The monoisotopic (exact) mass is 248 g/mol. The highest BCUT2D eigenvalue weighted by molar-refractivity contribution is 5.57. The number of nitrogens with two attached hydrogens (primary N) is 1. The summed E-state index contributed by atoms with van der Waals surface area (Å²) >= 11 is 0. The van der Waals surface area contributed by atoms with Crippen molar-refractivity contribution in [3.05, 3.63) is 29.9 Å². The van der Waals surface area contributed by atoms with E-state index in [2.05, 4.69) is 15.1 Å². The SMILES string of the molecule is COCCC(N)c1nc(-c2cnccc2C)no1. The van der Waals surface area contributed by atoms with Crippen molar-refractivity contribution in [1.82, 2.24) is 15.1 Å². The molecule has 0 saturated carbocycles. The van der Waals surface area contributed by atoms with E-state index in [4.69, 9.17) is 15.0 Å². The summed E-state index contributed by atoms with van der Waals surface area (Å²) in [4.78, 5) is 8.35. The molecule has 0 aliphatic rings. The number of aryl methyl sites for hydroxylation is 1. The van der Waals surface area contributed by atoms with Crippen molar-refractivity contribution >= 4 is 0 Å². The fourth-order valence-electron chi connectivity index (χ4n) is 1.56. The lowest BCUT2D eigenvalue weighted by Gasteiger charge is -2.04. The van der Waals surface area contributed by atoms with E-state index in [1.807, 2.05) is 13.0 Å². The first-order valence-electron chi connectivity index (χ1n) is 5.71. The number of aromatic nitrogens is 3. The highest BCUT2D eigenvalue weighted by Crippen LogP contribution is 2.21. The molecule has 0 aromatic carbocycles. The molecule has 0 fully saturated rings. The predicted molar refractivity (Wildman–Crippen MR) is 65.7 cm³/mol. The highest BCUT2D eigenvalue weighted by Gasteiger charge is 2.16. The van der Waals surface area contributed by atoms with Crippen LogP contribution in [0.15, 0.2) is 23.0 Å². The molecule has 2 aromatic rings. The Morgan fingerprint density at radius 3 is 3.06 bits per heavy atom. The molecule has 2 rings (SSSR count). The lowest BCUT2D eigenvalue weighted by atomic mass is 10.1. The van der Waals surface area contributed by atoms with E-state index in [1.165, 1.54) is 0 Å². The summed E-state index contributed by atoms with van der Waals surface area (Å²) in [7, 11) is 1.63. The highest BCUT2D eigenvalue weighted by atomic mass is 16.5. The predicted octanol–water partition coefficient (Wildman–Crippen LogP) is 1.48. The molecule has 0 aliphatic carbocycles. The topological polar surface area (TPSA) is 87.1 Å². The maximum atomic E-state index is 5.92. The largest absolute Gasteiger partial charge is 0.385 e. The van der Waals surface area contributed by atoms with Crippen molar-refractivity contribution in [3.8, 4) is 11.4 Å². The minimum absolute atomic E-state index is 0.303. The summed E-state index contributed by atoms with van der Waals surface area (Å²) in [6, 6.07) is 1.60. The van der Waals surface area contributed by atoms with Gasteiger partial charge in [0.25, 0.3) is 0 Å². The Balaban J connectivity index is 2.18. The van der Waals surface area contributed by atoms with E-state index < -0.39 is 0 Å². The summed E-state index contributed by atoms with van der Waals surface area (Å²) in [5.41, 5.74) is 7.82. The molecule has 0 saturated heterocycles. The molecular weight excluding hydrogens is 232 g/mol. The smallest absolute Gasteiger partial charge is 0.243 e. The fraction of sp³-hybridized carbons (Fsp3) is 0.417.